The van der Waals surface area contributed by atoms with Crippen LogP contribution in [0, 0.1) is 12.7 Å². The Hall–Kier alpha value is -2.07. The minimum Gasteiger partial charge on any atom is -0.379 e. The summed E-state index contributed by atoms with van der Waals surface area (Å²) in [6.45, 7) is 3.29. The van der Waals surface area contributed by atoms with Gasteiger partial charge in [0, 0.05) is 24.5 Å². The highest BCUT2D eigenvalue weighted by Gasteiger charge is 2.26. The van der Waals surface area contributed by atoms with Gasteiger partial charge in [-0.2, -0.15) is 4.31 Å². The summed E-state index contributed by atoms with van der Waals surface area (Å²) >= 11 is 5.26. The first-order chi connectivity index (χ1) is 12.9. The monoisotopic (exact) mass is 409 g/mol. The first kappa shape index (κ1) is 19.7. The van der Waals surface area contributed by atoms with Gasteiger partial charge in [0.15, 0.2) is 5.11 Å². The van der Waals surface area contributed by atoms with E-state index in [2.05, 4.69) is 10.6 Å². The number of halogens is 1. The lowest BCUT2D eigenvalue weighted by molar-refractivity contribution is 0.0730. The highest BCUT2D eigenvalue weighted by molar-refractivity contribution is 7.89. The van der Waals surface area contributed by atoms with Crippen LogP contribution >= 0.6 is 12.2 Å². The van der Waals surface area contributed by atoms with Gasteiger partial charge in [-0.3, -0.25) is 0 Å². The van der Waals surface area contributed by atoms with Crippen molar-refractivity contribution in [1.29, 1.82) is 0 Å². The zero-order chi connectivity index (χ0) is 19.4. The maximum Gasteiger partial charge on any atom is 0.243 e. The third kappa shape index (κ3) is 4.81. The molecule has 1 aliphatic rings. The molecule has 1 aliphatic heterocycles. The van der Waals surface area contributed by atoms with E-state index in [4.69, 9.17) is 17.0 Å². The Labute approximate surface area is 163 Å². The van der Waals surface area contributed by atoms with Gasteiger partial charge in [0.1, 0.15) is 5.82 Å². The molecule has 6 nitrogen and oxygen atoms in total. The Morgan fingerprint density at radius 1 is 1.11 bits per heavy atom. The molecule has 144 valence electrons. The molecule has 0 spiro atoms. The van der Waals surface area contributed by atoms with E-state index in [1.807, 2.05) is 0 Å². The molecular formula is C18H20FN3O3S2. The van der Waals surface area contributed by atoms with Crippen molar-refractivity contribution in [2.24, 2.45) is 0 Å². The number of morpholine rings is 1. The standard InChI is InChI=1S/C18H20FN3O3S2/c1-13-12-14(19)2-7-17(13)21-18(26)20-15-3-5-16(6-4-15)27(23,24)22-8-10-25-11-9-22/h2-7,12H,8-11H2,1H3,(H2,20,21,26). The Morgan fingerprint density at radius 3 is 2.41 bits per heavy atom. The topological polar surface area (TPSA) is 70.7 Å². The molecule has 1 heterocycles. The lowest BCUT2D eigenvalue weighted by Crippen LogP contribution is -2.40. The Bertz CT molecular complexity index is 927. The van der Waals surface area contributed by atoms with E-state index in [0.717, 1.165) is 5.56 Å². The van der Waals surface area contributed by atoms with Crippen LogP contribution in [0.3, 0.4) is 0 Å². The summed E-state index contributed by atoms with van der Waals surface area (Å²) in [4.78, 5) is 0.225. The molecule has 0 aliphatic carbocycles. The summed E-state index contributed by atoms with van der Waals surface area (Å²) < 4.78 is 45.0. The van der Waals surface area contributed by atoms with Gasteiger partial charge in [-0.25, -0.2) is 12.8 Å². The predicted molar refractivity (Wildman–Crippen MR) is 107 cm³/mol. The highest BCUT2D eigenvalue weighted by Crippen LogP contribution is 2.20. The van der Waals surface area contributed by atoms with E-state index in [-0.39, 0.29) is 10.7 Å². The Kier molecular flexibility index (Phi) is 6.05. The fourth-order valence-electron chi connectivity index (χ4n) is 2.70. The van der Waals surface area contributed by atoms with Crippen LogP contribution in [0.5, 0.6) is 0 Å². The number of aryl methyl sites for hydroxylation is 1. The summed E-state index contributed by atoms with van der Waals surface area (Å²) in [6, 6.07) is 10.8. The van der Waals surface area contributed by atoms with Crippen molar-refractivity contribution in [3.8, 4) is 0 Å². The number of benzene rings is 2. The van der Waals surface area contributed by atoms with E-state index < -0.39 is 10.0 Å². The van der Waals surface area contributed by atoms with Crippen molar-refractivity contribution in [2.45, 2.75) is 11.8 Å². The average Bonchev–Trinajstić information content (AvgIpc) is 2.65. The molecule has 0 radical (unpaired) electrons. The summed E-state index contributed by atoms with van der Waals surface area (Å²) in [6.07, 6.45) is 0. The minimum atomic E-state index is -3.52. The number of hydrogen-bond donors (Lipinski definition) is 2. The molecule has 3 rings (SSSR count). The molecule has 0 saturated carbocycles. The van der Waals surface area contributed by atoms with Crippen LogP contribution in [0.2, 0.25) is 0 Å². The van der Waals surface area contributed by atoms with Crippen molar-refractivity contribution in [2.75, 3.05) is 36.9 Å². The number of anilines is 2. The van der Waals surface area contributed by atoms with Crippen molar-refractivity contribution >= 4 is 38.7 Å². The smallest absolute Gasteiger partial charge is 0.243 e. The quantitative estimate of drug-likeness (QED) is 0.757. The minimum absolute atomic E-state index is 0.225. The van der Waals surface area contributed by atoms with Gasteiger partial charge < -0.3 is 15.4 Å². The molecule has 27 heavy (non-hydrogen) atoms. The van der Waals surface area contributed by atoms with Crippen molar-refractivity contribution < 1.29 is 17.5 Å². The molecule has 1 fully saturated rings. The normalized spacial score (nSPS) is 15.3. The predicted octanol–water partition coefficient (Wildman–Crippen LogP) is 2.96. The summed E-state index contributed by atoms with van der Waals surface area (Å²) in [5, 5.41) is 6.31. The number of nitrogens with zero attached hydrogens (tertiary/aromatic N) is 1. The van der Waals surface area contributed by atoms with E-state index in [1.54, 1.807) is 37.3 Å². The van der Waals surface area contributed by atoms with Crippen LogP contribution < -0.4 is 10.6 Å². The van der Waals surface area contributed by atoms with Gasteiger partial charge in [-0.15, -0.1) is 0 Å². The second-order valence-electron chi connectivity index (χ2n) is 6.08. The third-order valence-electron chi connectivity index (χ3n) is 4.16. The van der Waals surface area contributed by atoms with Gasteiger partial charge in [0.25, 0.3) is 0 Å². The van der Waals surface area contributed by atoms with E-state index in [0.29, 0.717) is 42.8 Å². The summed E-state index contributed by atoms with van der Waals surface area (Å²) in [5.74, 6) is -0.311. The molecule has 2 aromatic rings. The number of thiocarbonyl (C=S) groups is 1. The van der Waals surface area contributed by atoms with Crippen LogP contribution in [0.15, 0.2) is 47.4 Å². The number of sulfonamides is 1. The van der Waals surface area contributed by atoms with Gasteiger partial charge in [0.05, 0.1) is 18.1 Å². The molecule has 0 amide bonds. The largest absolute Gasteiger partial charge is 0.379 e. The Balaban J connectivity index is 1.65. The van der Waals surface area contributed by atoms with Crippen LogP contribution in [0.4, 0.5) is 15.8 Å². The molecule has 0 atom stereocenters. The molecule has 2 N–H and O–H groups in total. The zero-order valence-corrected chi connectivity index (χ0v) is 16.4. The third-order valence-corrected chi connectivity index (χ3v) is 6.27. The van der Waals surface area contributed by atoms with Crippen molar-refractivity contribution in [1.82, 2.24) is 4.31 Å². The maximum atomic E-state index is 13.2. The van der Waals surface area contributed by atoms with Gasteiger partial charge in [0.2, 0.25) is 10.0 Å². The van der Waals surface area contributed by atoms with E-state index in [1.165, 1.54) is 16.4 Å². The lowest BCUT2D eigenvalue weighted by Gasteiger charge is -2.26. The van der Waals surface area contributed by atoms with Gasteiger partial charge >= 0.3 is 0 Å². The first-order valence-corrected chi connectivity index (χ1v) is 10.2. The molecule has 0 bridgehead atoms. The van der Waals surface area contributed by atoms with E-state index in [9.17, 15) is 12.8 Å². The second kappa shape index (κ2) is 8.30. The molecular weight excluding hydrogens is 389 g/mol. The summed E-state index contributed by atoms with van der Waals surface area (Å²) in [5.41, 5.74) is 2.07. The number of nitrogens with one attached hydrogen (secondary N) is 2. The van der Waals surface area contributed by atoms with E-state index >= 15 is 0 Å². The molecule has 0 unspecified atom stereocenters. The average molecular weight is 410 g/mol. The van der Waals surface area contributed by atoms with Crippen molar-refractivity contribution in [3.05, 3.63) is 53.8 Å². The highest BCUT2D eigenvalue weighted by atomic mass is 32.2. The van der Waals surface area contributed by atoms with Gasteiger partial charge in [-0.05, 0) is 67.2 Å². The molecule has 9 heteroatoms. The van der Waals surface area contributed by atoms with Crippen LogP contribution in [-0.2, 0) is 14.8 Å². The fraction of sp³-hybridized carbons (Fsp3) is 0.278. The molecule has 0 aromatic heterocycles. The van der Waals surface area contributed by atoms with Crippen molar-refractivity contribution in [3.63, 3.8) is 0 Å². The summed E-state index contributed by atoms with van der Waals surface area (Å²) in [7, 11) is -3.52. The lowest BCUT2D eigenvalue weighted by atomic mass is 10.2. The number of rotatable bonds is 4. The fourth-order valence-corrected chi connectivity index (χ4v) is 4.33. The molecule has 2 aromatic carbocycles. The Morgan fingerprint density at radius 2 is 1.78 bits per heavy atom. The van der Waals surface area contributed by atoms with Crippen LogP contribution in [0.25, 0.3) is 0 Å². The molecule has 1 saturated heterocycles. The maximum absolute atomic E-state index is 13.2. The van der Waals surface area contributed by atoms with Crippen LogP contribution in [-0.4, -0.2) is 44.1 Å². The van der Waals surface area contributed by atoms with Crippen LogP contribution in [0.1, 0.15) is 5.56 Å². The number of ether oxygens (including phenoxy) is 1. The SMILES string of the molecule is Cc1cc(F)ccc1NC(=S)Nc1ccc(S(=O)(=O)N2CCOCC2)cc1. The first-order valence-electron chi connectivity index (χ1n) is 8.38. The van der Waals surface area contributed by atoms with Gasteiger partial charge in [-0.1, -0.05) is 0 Å². The number of hydrogen-bond acceptors (Lipinski definition) is 4. The second-order valence-corrected chi connectivity index (χ2v) is 8.43. The zero-order valence-electron chi connectivity index (χ0n) is 14.7.